The largest absolute Gasteiger partial charge is 0.473 e. The number of aromatic nitrogens is 4. The van der Waals surface area contributed by atoms with Crippen LogP contribution in [0.5, 0.6) is 5.88 Å². The van der Waals surface area contributed by atoms with E-state index in [-0.39, 0.29) is 12.2 Å². The summed E-state index contributed by atoms with van der Waals surface area (Å²) in [5.41, 5.74) is 1.87. The SMILES string of the molecule is Cc1nc(-c2cn3nccc3c(O[C@@H]3CCCN(C(=O)OC(C)(C)C)CC3)n2)cs1. The summed E-state index contributed by atoms with van der Waals surface area (Å²) in [6.07, 6.45) is 5.73. The average Bonchev–Trinajstić information content (AvgIpc) is 3.25. The van der Waals surface area contributed by atoms with Crippen molar-refractivity contribution in [1.82, 2.24) is 24.5 Å². The standard InChI is InChI=1S/C21H27N5O3S/c1-14-23-17(13-30-14)16-12-26-18(7-9-22-26)19(24-16)28-15-6-5-10-25(11-8-15)20(27)29-21(2,3)4/h7,9,12-13,15H,5-6,8,10-11H2,1-4H3/t15-/m1/s1. The van der Waals surface area contributed by atoms with E-state index in [1.54, 1.807) is 26.9 Å². The number of carbonyl (C=O) groups is 1. The van der Waals surface area contributed by atoms with Crippen LogP contribution in [0.25, 0.3) is 16.9 Å². The van der Waals surface area contributed by atoms with E-state index in [0.29, 0.717) is 19.0 Å². The van der Waals surface area contributed by atoms with E-state index in [2.05, 4.69) is 10.1 Å². The van der Waals surface area contributed by atoms with Crippen LogP contribution in [0.2, 0.25) is 0 Å². The lowest BCUT2D eigenvalue weighted by molar-refractivity contribution is 0.0252. The fourth-order valence-corrected chi connectivity index (χ4v) is 4.05. The van der Waals surface area contributed by atoms with Crippen LogP contribution in [-0.4, -0.2) is 55.4 Å². The predicted octanol–water partition coefficient (Wildman–Crippen LogP) is 4.33. The molecule has 8 nitrogen and oxygen atoms in total. The number of aryl methyl sites for hydroxylation is 1. The number of fused-ring (bicyclic) bond motifs is 1. The molecule has 3 aromatic rings. The second-order valence-electron chi connectivity index (χ2n) is 8.48. The van der Waals surface area contributed by atoms with Crippen LogP contribution in [0, 0.1) is 6.92 Å². The Morgan fingerprint density at radius 3 is 2.77 bits per heavy atom. The zero-order chi connectivity index (χ0) is 21.3. The predicted molar refractivity (Wildman–Crippen MR) is 115 cm³/mol. The molecule has 0 saturated carbocycles. The zero-order valence-electron chi connectivity index (χ0n) is 17.8. The maximum Gasteiger partial charge on any atom is 0.410 e. The summed E-state index contributed by atoms with van der Waals surface area (Å²) in [4.78, 5) is 23.5. The molecular weight excluding hydrogens is 402 g/mol. The normalized spacial score (nSPS) is 17.7. The molecule has 0 spiro atoms. The lowest BCUT2D eigenvalue weighted by Gasteiger charge is -2.26. The second-order valence-corrected chi connectivity index (χ2v) is 9.54. The molecule has 1 fully saturated rings. The number of thiazole rings is 1. The lowest BCUT2D eigenvalue weighted by atomic mass is 10.1. The van der Waals surface area contributed by atoms with Gasteiger partial charge in [-0.1, -0.05) is 0 Å². The quantitative estimate of drug-likeness (QED) is 0.616. The van der Waals surface area contributed by atoms with Crippen LogP contribution in [0.15, 0.2) is 23.8 Å². The fraction of sp³-hybridized carbons (Fsp3) is 0.524. The summed E-state index contributed by atoms with van der Waals surface area (Å²) >= 11 is 1.59. The number of ether oxygens (including phenoxy) is 2. The minimum atomic E-state index is -0.495. The van der Waals surface area contributed by atoms with E-state index in [1.165, 1.54) is 0 Å². The number of amides is 1. The third-order valence-electron chi connectivity index (χ3n) is 4.84. The Kier molecular flexibility index (Phi) is 5.64. The van der Waals surface area contributed by atoms with Crippen LogP contribution < -0.4 is 4.74 Å². The van der Waals surface area contributed by atoms with Crippen molar-refractivity contribution in [1.29, 1.82) is 0 Å². The molecule has 30 heavy (non-hydrogen) atoms. The van der Waals surface area contributed by atoms with Gasteiger partial charge in [0.2, 0.25) is 5.88 Å². The first-order chi connectivity index (χ1) is 14.3. The fourth-order valence-electron chi connectivity index (χ4n) is 3.44. The van der Waals surface area contributed by atoms with Crippen molar-refractivity contribution in [2.45, 2.75) is 58.7 Å². The van der Waals surface area contributed by atoms with Gasteiger partial charge in [0.15, 0.2) is 0 Å². The maximum absolute atomic E-state index is 12.4. The van der Waals surface area contributed by atoms with Crippen LogP contribution in [0.3, 0.4) is 0 Å². The maximum atomic E-state index is 12.4. The van der Waals surface area contributed by atoms with Crippen molar-refractivity contribution in [2.75, 3.05) is 13.1 Å². The van der Waals surface area contributed by atoms with Crippen molar-refractivity contribution in [3.05, 3.63) is 28.8 Å². The van der Waals surface area contributed by atoms with Crippen LogP contribution in [0.4, 0.5) is 4.79 Å². The van der Waals surface area contributed by atoms with Crippen molar-refractivity contribution < 1.29 is 14.3 Å². The highest BCUT2D eigenvalue weighted by molar-refractivity contribution is 7.09. The van der Waals surface area contributed by atoms with Gasteiger partial charge in [0, 0.05) is 24.9 Å². The molecule has 1 aliphatic rings. The first-order valence-corrected chi connectivity index (χ1v) is 11.1. The van der Waals surface area contributed by atoms with Crippen LogP contribution >= 0.6 is 11.3 Å². The smallest absolute Gasteiger partial charge is 0.410 e. The van der Waals surface area contributed by atoms with Gasteiger partial charge in [-0.15, -0.1) is 11.3 Å². The van der Waals surface area contributed by atoms with Crippen LogP contribution in [0.1, 0.15) is 45.0 Å². The molecule has 0 radical (unpaired) electrons. The highest BCUT2D eigenvalue weighted by atomic mass is 32.1. The third kappa shape index (κ3) is 4.72. The van der Waals surface area contributed by atoms with Gasteiger partial charge < -0.3 is 14.4 Å². The third-order valence-corrected chi connectivity index (χ3v) is 5.62. The highest BCUT2D eigenvalue weighted by Crippen LogP contribution is 2.27. The van der Waals surface area contributed by atoms with Gasteiger partial charge in [0.1, 0.15) is 28.6 Å². The molecule has 1 saturated heterocycles. The number of rotatable bonds is 3. The molecule has 0 bridgehead atoms. The van der Waals surface area contributed by atoms with Gasteiger partial charge in [-0.25, -0.2) is 19.3 Å². The minimum absolute atomic E-state index is 0.0314. The Morgan fingerprint density at radius 1 is 1.20 bits per heavy atom. The van der Waals surface area contributed by atoms with Crippen molar-refractivity contribution in [2.24, 2.45) is 0 Å². The second kappa shape index (κ2) is 8.22. The number of carbonyl (C=O) groups excluding carboxylic acids is 1. The molecule has 9 heteroatoms. The molecule has 0 N–H and O–H groups in total. The molecule has 160 valence electrons. The zero-order valence-corrected chi connectivity index (χ0v) is 18.6. The molecule has 0 aromatic carbocycles. The summed E-state index contributed by atoms with van der Waals surface area (Å²) in [5, 5.41) is 7.33. The van der Waals surface area contributed by atoms with E-state index in [4.69, 9.17) is 14.5 Å². The Morgan fingerprint density at radius 2 is 2.03 bits per heavy atom. The molecule has 1 amide bonds. The first-order valence-electron chi connectivity index (χ1n) is 10.2. The first kappa shape index (κ1) is 20.6. The van der Waals surface area contributed by atoms with Gasteiger partial charge in [0.25, 0.3) is 0 Å². The molecule has 1 atom stereocenters. The van der Waals surface area contributed by atoms with Crippen molar-refractivity contribution in [3.63, 3.8) is 0 Å². The molecule has 0 unspecified atom stereocenters. The van der Waals surface area contributed by atoms with Crippen LogP contribution in [-0.2, 0) is 4.74 Å². The Bertz CT molecular complexity index is 1040. The summed E-state index contributed by atoms with van der Waals surface area (Å²) in [6.45, 7) is 8.89. The van der Waals surface area contributed by atoms with E-state index in [9.17, 15) is 4.79 Å². The Balaban J connectivity index is 1.50. The van der Waals surface area contributed by atoms with Gasteiger partial charge in [-0.2, -0.15) is 5.10 Å². The van der Waals surface area contributed by atoms with Gasteiger partial charge >= 0.3 is 6.09 Å². The monoisotopic (exact) mass is 429 g/mol. The Hall–Kier alpha value is -2.68. The van der Waals surface area contributed by atoms with Gasteiger partial charge in [-0.3, -0.25) is 0 Å². The molecule has 4 rings (SSSR count). The van der Waals surface area contributed by atoms with Gasteiger partial charge in [0.05, 0.1) is 17.4 Å². The molecule has 1 aliphatic heterocycles. The average molecular weight is 430 g/mol. The molecular formula is C21H27N5O3S. The summed E-state index contributed by atoms with van der Waals surface area (Å²) < 4.78 is 13.6. The van der Waals surface area contributed by atoms with Crippen molar-refractivity contribution >= 4 is 22.9 Å². The number of nitrogens with zero attached hydrogens (tertiary/aromatic N) is 5. The van der Waals surface area contributed by atoms with Crippen molar-refractivity contribution in [3.8, 4) is 17.3 Å². The Labute approximate surface area is 179 Å². The summed E-state index contributed by atoms with van der Waals surface area (Å²) in [7, 11) is 0. The van der Waals surface area contributed by atoms with E-state index >= 15 is 0 Å². The summed E-state index contributed by atoms with van der Waals surface area (Å²) in [6, 6.07) is 1.89. The number of hydrogen-bond donors (Lipinski definition) is 0. The van der Waals surface area contributed by atoms with E-state index in [0.717, 1.165) is 41.2 Å². The minimum Gasteiger partial charge on any atom is -0.473 e. The summed E-state index contributed by atoms with van der Waals surface area (Å²) in [5.74, 6) is 0.548. The van der Waals surface area contributed by atoms with E-state index in [1.807, 2.05) is 45.3 Å². The number of hydrogen-bond acceptors (Lipinski definition) is 7. The molecule has 0 aliphatic carbocycles. The van der Waals surface area contributed by atoms with E-state index < -0.39 is 5.60 Å². The lowest BCUT2D eigenvalue weighted by Crippen LogP contribution is -2.37. The van der Waals surface area contributed by atoms with Gasteiger partial charge in [-0.05, 0) is 46.6 Å². The molecule has 3 aromatic heterocycles. The topological polar surface area (TPSA) is 81.9 Å². The highest BCUT2D eigenvalue weighted by Gasteiger charge is 2.26. The molecule has 4 heterocycles. The number of likely N-dealkylation sites (tertiary alicyclic amines) is 1.